The van der Waals surface area contributed by atoms with Crippen molar-refractivity contribution in [1.29, 1.82) is 0 Å². The quantitative estimate of drug-likeness (QED) is 0.662. The highest BCUT2D eigenvalue weighted by atomic mass is 16.6. The van der Waals surface area contributed by atoms with Gasteiger partial charge in [0.15, 0.2) is 5.76 Å². The van der Waals surface area contributed by atoms with Crippen LogP contribution in [0.3, 0.4) is 0 Å². The Labute approximate surface area is 145 Å². The number of carbonyl (C=O) groups excluding carboxylic acids is 1. The van der Waals surface area contributed by atoms with Gasteiger partial charge in [-0.05, 0) is 30.4 Å². The fraction of sp³-hybridized carbons (Fsp3) is 0.529. The summed E-state index contributed by atoms with van der Waals surface area (Å²) in [6.07, 6.45) is 5.82. The molecule has 0 bridgehead atoms. The maximum Gasteiger partial charge on any atom is 0.307 e. The average Bonchev–Trinajstić information content (AvgIpc) is 3.22. The molecule has 25 heavy (non-hydrogen) atoms. The summed E-state index contributed by atoms with van der Waals surface area (Å²) in [5, 5.41) is 17.7. The highest BCUT2D eigenvalue weighted by Crippen LogP contribution is 2.29. The van der Waals surface area contributed by atoms with Crippen molar-refractivity contribution in [3.63, 3.8) is 0 Å². The van der Waals surface area contributed by atoms with Crippen LogP contribution in [0.1, 0.15) is 49.4 Å². The minimum absolute atomic E-state index is 0.0788. The second-order valence-electron chi connectivity index (χ2n) is 6.77. The average molecular weight is 346 g/mol. The van der Waals surface area contributed by atoms with Gasteiger partial charge in [-0.3, -0.25) is 19.6 Å². The van der Waals surface area contributed by atoms with Crippen molar-refractivity contribution in [2.75, 3.05) is 0 Å². The summed E-state index contributed by atoms with van der Waals surface area (Å²) < 4.78 is 6.99. The largest absolute Gasteiger partial charge is 0.454 e. The second kappa shape index (κ2) is 7.08. The van der Waals surface area contributed by atoms with Gasteiger partial charge in [-0.2, -0.15) is 5.10 Å². The van der Waals surface area contributed by atoms with Gasteiger partial charge in [-0.25, -0.2) is 0 Å². The van der Waals surface area contributed by atoms with Crippen molar-refractivity contribution in [3.8, 4) is 0 Å². The number of nitro groups is 1. The van der Waals surface area contributed by atoms with Crippen LogP contribution in [0.25, 0.3) is 0 Å². The van der Waals surface area contributed by atoms with Crippen LogP contribution < -0.4 is 5.32 Å². The van der Waals surface area contributed by atoms with E-state index in [1.54, 1.807) is 12.1 Å². The summed E-state index contributed by atoms with van der Waals surface area (Å²) in [6.45, 7) is 4.63. The minimum Gasteiger partial charge on any atom is -0.454 e. The number of furan rings is 1. The molecule has 0 aromatic carbocycles. The van der Waals surface area contributed by atoms with Gasteiger partial charge in [0.1, 0.15) is 18.2 Å². The Kier molecular flexibility index (Phi) is 4.87. The molecule has 8 heteroatoms. The van der Waals surface area contributed by atoms with Crippen molar-refractivity contribution in [2.45, 2.75) is 45.7 Å². The number of carbonyl (C=O) groups is 1. The fourth-order valence-corrected chi connectivity index (χ4v) is 3.30. The molecule has 1 N–H and O–H groups in total. The Hall–Kier alpha value is -2.64. The number of rotatable bonds is 5. The predicted molar refractivity (Wildman–Crippen MR) is 90.1 cm³/mol. The van der Waals surface area contributed by atoms with Crippen LogP contribution >= 0.6 is 0 Å². The number of amides is 1. The van der Waals surface area contributed by atoms with E-state index in [0.717, 1.165) is 12.8 Å². The lowest BCUT2D eigenvalue weighted by atomic mass is 9.78. The first-order valence-corrected chi connectivity index (χ1v) is 8.50. The molecule has 0 radical (unpaired) electrons. The van der Waals surface area contributed by atoms with Crippen LogP contribution in [0.4, 0.5) is 5.69 Å². The van der Waals surface area contributed by atoms with E-state index < -0.39 is 4.92 Å². The normalized spacial score (nSPS) is 23.4. The van der Waals surface area contributed by atoms with Gasteiger partial charge in [0, 0.05) is 6.04 Å². The molecule has 8 nitrogen and oxygen atoms in total. The van der Waals surface area contributed by atoms with Crippen molar-refractivity contribution in [3.05, 3.63) is 46.2 Å². The maximum atomic E-state index is 12.4. The third-order valence-corrected chi connectivity index (χ3v) is 5.06. The molecule has 2 heterocycles. The van der Waals surface area contributed by atoms with Crippen LogP contribution in [0.2, 0.25) is 0 Å². The molecular formula is C17H22N4O4. The number of nitrogens with one attached hydrogen (secondary N) is 1. The van der Waals surface area contributed by atoms with Crippen LogP contribution in [0, 0.1) is 22.0 Å². The molecule has 3 atom stereocenters. The molecular weight excluding hydrogens is 324 g/mol. The highest BCUT2D eigenvalue weighted by molar-refractivity contribution is 5.91. The second-order valence-corrected chi connectivity index (χ2v) is 6.77. The first-order chi connectivity index (χ1) is 11.9. The fourth-order valence-electron chi connectivity index (χ4n) is 3.30. The van der Waals surface area contributed by atoms with Crippen molar-refractivity contribution < 1.29 is 14.1 Å². The Morgan fingerprint density at radius 2 is 2.24 bits per heavy atom. The summed E-state index contributed by atoms with van der Waals surface area (Å²) in [6, 6.07) is 3.48. The van der Waals surface area contributed by atoms with E-state index in [4.69, 9.17) is 4.42 Å². The third-order valence-electron chi connectivity index (χ3n) is 5.06. The zero-order valence-corrected chi connectivity index (χ0v) is 14.3. The van der Waals surface area contributed by atoms with Gasteiger partial charge in [-0.15, -0.1) is 0 Å². The number of hydrogen-bond acceptors (Lipinski definition) is 5. The van der Waals surface area contributed by atoms with Gasteiger partial charge in [0.05, 0.1) is 11.5 Å². The first-order valence-electron chi connectivity index (χ1n) is 8.50. The standard InChI is InChI=1S/C17H22N4O4/c1-11-4-3-5-15(12(11)2)19-17(22)16-7-6-14(25-16)10-20-9-13(8-18-20)21(23)24/h6-9,11-12,15H,3-5,10H2,1-2H3,(H,19,22). The van der Waals surface area contributed by atoms with Crippen LogP contribution in [-0.4, -0.2) is 26.7 Å². The molecule has 134 valence electrons. The molecule has 0 aliphatic heterocycles. The highest BCUT2D eigenvalue weighted by Gasteiger charge is 2.29. The Balaban J connectivity index is 1.62. The van der Waals surface area contributed by atoms with E-state index in [9.17, 15) is 14.9 Å². The van der Waals surface area contributed by atoms with E-state index in [-0.39, 0.29) is 29.9 Å². The third kappa shape index (κ3) is 3.89. The zero-order chi connectivity index (χ0) is 18.0. The molecule has 1 aliphatic rings. The summed E-state index contributed by atoms with van der Waals surface area (Å²) in [5.74, 6) is 1.59. The summed E-state index contributed by atoms with van der Waals surface area (Å²) in [5.41, 5.74) is -0.0788. The van der Waals surface area contributed by atoms with E-state index in [2.05, 4.69) is 24.3 Å². The van der Waals surface area contributed by atoms with Gasteiger partial charge >= 0.3 is 5.69 Å². The van der Waals surface area contributed by atoms with Crippen molar-refractivity contribution in [2.24, 2.45) is 11.8 Å². The maximum absolute atomic E-state index is 12.4. The monoisotopic (exact) mass is 346 g/mol. The van der Waals surface area contributed by atoms with Gasteiger partial charge in [-0.1, -0.05) is 26.7 Å². The van der Waals surface area contributed by atoms with E-state index in [1.165, 1.54) is 23.5 Å². The van der Waals surface area contributed by atoms with Crippen molar-refractivity contribution >= 4 is 11.6 Å². The molecule has 3 unspecified atom stereocenters. The molecule has 0 saturated heterocycles. The van der Waals surface area contributed by atoms with Crippen LogP contribution in [0.15, 0.2) is 28.9 Å². The molecule has 1 saturated carbocycles. The van der Waals surface area contributed by atoms with Crippen molar-refractivity contribution in [1.82, 2.24) is 15.1 Å². The lowest BCUT2D eigenvalue weighted by Gasteiger charge is -2.34. The van der Waals surface area contributed by atoms with E-state index in [0.29, 0.717) is 17.6 Å². The molecule has 1 aliphatic carbocycles. The molecule has 2 aromatic rings. The Bertz CT molecular complexity index is 766. The Morgan fingerprint density at radius 3 is 2.96 bits per heavy atom. The number of hydrogen-bond donors (Lipinski definition) is 1. The summed E-state index contributed by atoms with van der Waals surface area (Å²) in [4.78, 5) is 22.6. The number of nitrogens with zero attached hydrogens (tertiary/aromatic N) is 3. The van der Waals surface area contributed by atoms with Crippen LogP contribution in [0.5, 0.6) is 0 Å². The van der Waals surface area contributed by atoms with Crippen LogP contribution in [-0.2, 0) is 6.54 Å². The minimum atomic E-state index is -0.503. The van der Waals surface area contributed by atoms with Gasteiger partial charge < -0.3 is 9.73 Å². The van der Waals surface area contributed by atoms with E-state index >= 15 is 0 Å². The topological polar surface area (TPSA) is 103 Å². The molecule has 3 rings (SSSR count). The first kappa shape index (κ1) is 17.2. The van der Waals surface area contributed by atoms with Gasteiger partial charge in [0.25, 0.3) is 5.91 Å². The molecule has 1 amide bonds. The predicted octanol–water partition coefficient (Wildman–Crippen LogP) is 2.99. The summed E-state index contributed by atoms with van der Waals surface area (Å²) in [7, 11) is 0. The number of aromatic nitrogens is 2. The SMILES string of the molecule is CC1CCCC(NC(=O)c2ccc(Cn3cc([N+](=O)[O-])cn3)o2)C1C. The smallest absolute Gasteiger partial charge is 0.307 e. The zero-order valence-electron chi connectivity index (χ0n) is 14.3. The molecule has 1 fully saturated rings. The van der Waals surface area contributed by atoms with E-state index in [1.807, 2.05) is 0 Å². The lowest BCUT2D eigenvalue weighted by Crippen LogP contribution is -2.43. The Morgan fingerprint density at radius 1 is 1.44 bits per heavy atom. The molecule has 2 aromatic heterocycles. The lowest BCUT2D eigenvalue weighted by molar-refractivity contribution is -0.385. The molecule has 0 spiro atoms. The van der Waals surface area contributed by atoms with Gasteiger partial charge in [0.2, 0.25) is 0 Å². The summed E-state index contributed by atoms with van der Waals surface area (Å²) >= 11 is 0.